The summed E-state index contributed by atoms with van der Waals surface area (Å²) < 4.78 is 36.4. The predicted octanol–water partition coefficient (Wildman–Crippen LogP) is 2.02. The van der Waals surface area contributed by atoms with Crippen LogP contribution >= 0.6 is 0 Å². The fourth-order valence-electron chi connectivity index (χ4n) is 2.28. The highest BCUT2D eigenvalue weighted by atomic mass is 19.4. The smallest absolute Gasteiger partial charge is 0.342 e. The largest absolute Gasteiger partial charge is 0.405 e. The van der Waals surface area contributed by atoms with E-state index in [0.717, 1.165) is 11.1 Å². The van der Waals surface area contributed by atoms with E-state index in [1.54, 1.807) is 5.32 Å². The summed E-state index contributed by atoms with van der Waals surface area (Å²) in [5.74, 6) is -0.640. The van der Waals surface area contributed by atoms with Gasteiger partial charge in [-0.3, -0.25) is 4.79 Å². The molecule has 1 amide bonds. The monoisotopic (exact) mass is 323 g/mol. The standard InChI is InChI=1S/C17H17F3N2O/c18-17(19,20)12-22-15(23)11-21-16(13-7-3-1-4-8-13)14-9-5-2-6-10-14/h1-10,16,21H,11-12H2,(H,22,23)/p+1. The van der Waals surface area contributed by atoms with Crippen molar-refractivity contribution in [3.8, 4) is 0 Å². The fourth-order valence-corrected chi connectivity index (χ4v) is 2.28. The van der Waals surface area contributed by atoms with Crippen LogP contribution in [0.3, 0.4) is 0 Å². The van der Waals surface area contributed by atoms with Gasteiger partial charge in [-0.2, -0.15) is 13.2 Å². The molecule has 6 heteroatoms. The molecule has 122 valence electrons. The molecular weight excluding hydrogens is 305 g/mol. The number of hydrogen-bond donors (Lipinski definition) is 2. The third-order valence-corrected chi connectivity index (χ3v) is 3.34. The molecule has 0 unspecified atom stereocenters. The Kier molecular flexibility index (Phi) is 5.76. The Morgan fingerprint density at radius 1 is 0.957 bits per heavy atom. The summed E-state index contributed by atoms with van der Waals surface area (Å²) in [5.41, 5.74) is 1.98. The molecule has 23 heavy (non-hydrogen) atoms. The van der Waals surface area contributed by atoms with Crippen molar-refractivity contribution in [2.45, 2.75) is 12.2 Å². The lowest BCUT2D eigenvalue weighted by Gasteiger charge is -2.16. The van der Waals surface area contributed by atoms with Crippen LogP contribution in [0.25, 0.3) is 0 Å². The first-order valence-electron chi connectivity index (χ1n) is 7.22. The molecule has 0 saturated heterocycles. The van der Waals surface area contributed by atoms with Gasteiger partial charge in [0.15, 0.2) is 6.54 Å². The van der Waals surface area contributed by atoms with Crippen LogP contribution in [-0.4, -0.2) is 25.2 Å². The van der Waals surface area contributed by atoms with E-state index < -0.39 is 18.6 Å². The van der Waals surface area contributed by atoms with Crippen LogP contribution in [0.5, 0.6) is 0 Å². The number of hydrogen-bond acceptors (Lipinski definition) is 1. The summed E-state index contributed by atoms with van der Waals surface area (Å²) in [5, 5.41) is 3.62. The van der Waals surface area contributed by atoms with Gasteiger partial charge >= 0.3 is 6.18 Å². The second kappa shape index (κ2) is 7.78. The highest BCUT2D eigenvalue weighted by molar-refractivity contribution is 5.76. The van der Waals surface area contributed by atoms with Gasteiger partial charge in [0.2, 0.25) is 0 Å². The second-order valence-electron chi connectivity index (χ2n) is 5.13. The number of nitrogens with two attached hydrogens (primary N) is 1. The first-order valence-corrected chi connectivity index (χ1v) is 7.22. The van der Waals surface area contributed by atoms with Gasteiger partial charge in [-0.05, 0) is 0 Å². The van der Waals surface area contributed by atoms with E-state index in [1.807, 2.05) is 66.0 Å². The van der Waals surface area contributed by atoms with Crippen LogP contribution in [0.1, 0.15) is 17.2 Å². The average Bonchev–Trinajstić information content (AvgIpc) is 2.54. The Labute approximate surface area is 132 Å². The Balaban J connectivity index is 2.03. The molecule has 0 aliphatic rings. The van der Waals surface area contributed by atoms with E-state index in [1.165, 1.54) is 0 Å². The van der Waals surface area contributed by atoms with E-state index in [0.29, 0.717) is 0 Å². The molecule has 0 bridgehead atoms. The Morgan fingerprint density at radius 2 is 1.43 bits per heavy atom. The normalized spacial score (nSPS) is 11.5. The maximum Gasteiger partial charge on any atom is 0.405 e. The zero-order chi connectivity index (χ0) is 16.7. The number of rotatable bonds is 6. The summed E-state index contributed by atoms with van der Waals surface area (Å²) >= 11 is 0. The van der Waals surface area contributed by atoms with Crippen molar-refractivity contribution in [3.63, 3.8) is 0 Å². The molecule has 0 aromatic heterocycles. The van der Waals surface area contributed by atoms with E-state index in [-0.39, 0.29) is 12.6 Å². The summed E-state index contributed by atoms with van der Waals surface area (Å²) in [6.45, 7) is -1.38. The lowest BCUT2D eigenvalue weighted by Crippen LogP contribution is -2.87. The van der Waals surface area contributed by atoms with Crippen molar-refractivity contribution in [3.05, 3.63) is 71.8 Å². The Hall–Kier alpha value is -2.34. The number of carbonyl (C=O) groups excluding carboxylic acids is 1. The summed E-state index contributed by atoms with van der Waals surface area (Å²) in [7, 11) is 0. The van der Waals surface area contributed by atoms with Gasteiger partial charge in [0.25, 0.3) is 5.91 Å². The van der Waals surface area contributed by atoms with Crippen molar-refractivity contribution in [2.75, 3.05) is 13.1 Å². The van der Waals surface area contributed by atoms with Crippen molar-refractivity contribution >= 4 is 5.91 Å². The van der Waals surface area contributed by atoms with Crippen LogP contribution in [0.4, 0.5) is 13.2 Å². The SMILES string of the molecule is O=C(C[NH2+]C(c1ccccc1)c1ccccc1)NCC(F)(F)F. The number of halogens is 3. The number of amides is 1. The third-order valence-electron chi connectivity index (χ3n) is 3.34. The lowest BCUT2D eigenvalue weighted by atomic mass is 9.99. The molecule has 0 aliphatic carbocycles. The second-order valence-corrected chi connectivity index (χ2v) is 5.13. The minimum atomic E-state index is -4.39. The number of alkyl halides is 3. The third kappa shape index (κ3) is 5.75. The number of quaternary nitrogens is 1. The van der Waals surface area contributed by atoms with Gasteiger partial charge in [0.05, 0.1) is 0 Å². The number of benzene rings is 2. The minimum Gasteiger partial charge on any atom is -0.342 e. The molecule has 3 nitrogen and oxygen atoms in total. The number of nitrogens with one attached hydrogen (secondary N) is 1. The van der Waals surface area contributed by atoms with E-state index in [2.05, 4.69) is 0 Å². The molecule has 0 saturated carbocycles. The molecule has 2 rings (SSSR count). The summed E-state index contributed by atoms with van der Waals surface area (Å²) in [4.78, 5) is 11.6. The molecule has 0 spiro atoms. The lowest BCUT2D eigenvalue weighted by molar-refractivity contribution is -0.676. The van der Waals surface area contributed by atoms with Crippen LogP contribution in [0.15, 0.2) is 60.7 Å². The molecular formula is C17H18F3N2O+. The molecule has 0 aliphatic heterocycles. The first kappa shape index (κ1) is 17.0. The topological polar surface area (TPSA) is 45.7 Å². The zero-order valence-electron chi connectivity index (χ0n) is 12.4. The van der Waals surface area contributed by atoms with Gasteiger partial charge < -0.3 is 10.6 Å². The highest BCUT2D eigenvalue weighted by Gasteiger charge is 2.28. The van der Waals surface area contributed by atoms with E-state index >= 15 is 0 Å². The van der Waals surface area contributed by atoms with Crippen LogP contribution < -0.4 is 10.6 Å². The van der Waals surface area contributed by atoms with Crippen molar-refractivity contribution < 1.29 is 23.3 Å². The molecule has 0 atom stereocenters. The van der Waals surface area contributed by atoms with Crippen LogP contribution in [-0.2, 0) is 4.79 Å². The number of carbonyl (C=O) groups is 1. The van der Waals surface area contributed by atoms with Crippen molar-refractivity contribution in [1.82, 2.24) is 5.32 Å². The minimum absolute atomic E-state index is 0.0788. The molecule has 0 heterocycles. The summed E-state index contributed by atoms with van der Waals surface area (Å²) in [6, 6.07) is 18.9. The maximum atomic E-state index is 12.1. The molecule has 2 aromatic rings. The molecule has 2 aromatic carbocycles. The maximum absolute atomic E-state index is 12.1. The quantitative estimate of drug-likeness (QED) is 0.839. The van der Waals surface area contributed by atoms with Crippen LogP contribution in [0, 0.1) is 0 Å². The Morgan fingerprint density at radius 3 is 1.87 bits per heavy atom. The highest BCUT2D eigenvalue weighted by Crippen LogP contribution is 2.17. The Bertz CT molecular complexity index is 575. The molecule has 0 radical (unpaired) electrons. The molecule has 3 N–H and O–H groups in total. The van der Waals surface area contributed by atoms with Gasteiger partial charge in [-0.25, -0.2) is 0 Å². The average molecular weight is 323 g/mol. The van der Waals surface area contributed by atoms with Crippen LogP contribution in [0.2, 0.25) is 0 Å². The molecule has 0 fully saturated rings. The van der Waals surface area contributed by atoms with Gasteiger partial charge in [0, 0.05) is 11.1 Å². The zero-order valence-corrected chi connectivity index (χ0v) is 12.4. The van der Waals surface area contributed by atoms with Gasteiger partial charge in [0.1, 0.15) is 12.6 Å². The first-order chi connectivity index (χ1) is 11.0. The van der Waals surface area contributed by atoms with Crippen molar-refractivity contribution in [2.24, 2.45) is 0 Å². The summed E-state index contributed by atoms with van der Waals surface area (Å²) in [6.07, 6.45) is -4.39. The van der Waals surface area contributed by atoms with Crippen molar-refractivity contribution in [1.29, 1.82) is 0 Å². The van der Waals surface area contributed by atoms with E-state index in [9.17, 15) is 18.0 Å². The predicted molar refractivity (Wildman–Crippen MR) is 80.6 cm³/mol. The fraction of sp³-hybridized carbons (Fsp3) is 0.235. The van der Waals surface area contributed by atoms with Gasteiger partial charge in [-0.1, -0.05) is 60.7 Å². The van der Waals surface area contributed by atoms with Gasteiger partial charge in [-0.15, -0.1) is 0 Å². The van der Waals surface area contributed by atoms with E-state index in [4.69, 9.17) is 0 Å².